The number of fused-ring (bicyclic) bond motifs is 1. The minimum absolute atomic E-state index is 0.539. The van der Waals surface area contributed by atoms with Crippen molar-refractivity contribution in [2.24, 2.45) is 0 Å². The SMILES string of the molecule is COCCC1C(C)=C(C)c2[c-]cccc21.[Cl][Ti+]([Cl])[Cl]. The Labute approximate surface area is 133 Å². The van der Waals surface area contributed by atoms with Crippen LogP contribution in [0.2, 0.25) is 0 Å². The Bertz CT molecular complexity index is 443. The Morgan fingerprint density at radius 3 is 2.53 bits per heavy atom. The zero-order valence-electron chi connectivity index (χ0n) is 11.3. The molecule has 1 nitrogen and oxygen atoms in total. The number of methoxy groups -OCH3 is 1. The molecule has 5 heteroatoms. The first-order valence-electron chi connectivity index (χ1n) is 5.99. The van der Waals surface area contributed by atoms with E-state index in [0.29, 0.717) is 5.92 Å². The normalized spacial score (nSPS) is 16.8. The molecule has 0 fully saturated rings. The molecule has 0 spiro atoms. The van der Waals surface area contributed by atoms with Gasteiger partial charge in [0.05, 0.1) is 0 Å². The molecule has 0 saturated carbocycles. The predicted octanol–water partition coefficient (Wildman–Crippen LogP) is 5.48. The molecule has 1 aliphatic carbocycles. The van der Waals surface area contributed by atoms with Crippen LogP contribution in [0, 0.1) is 6.07 Å². The van der Waals surface area contributed by atoms with Crippen molar-refractivity contribution in [3.8, 4) is 0 Å². The molecular weight excluding hydrogens is 338 g/mol. The van der Waals surface area contributed by atoms with Crippen LogP contribution in [-0.4, -0.2) is 13.7 Å². The van der Waals surface area contributed by atoms with Crippen LogP contribution in [0.5, 0.6) is 0 Å². The van der Waals surface area contributed by atoms with Gasteiger partial charge in [0.1, 0.15) is 0 Å². The number of hydrogen-bond donors (Lipinski definition) is 0. The summed E-state index contributed by atoms with van der Waals surface area (Å²) < 4.78 is 5.17. The standard InChI is InChI=1S/C14H17O.3ClH.Ti/c1-10-11(2)13(8-9-15-3)14-7-5-4-6-12(10)14;;;;/h4-5,7,13H,8-9H2,1-3H3;3*1H;/q-1;;;;+4/p-3. The molecule has 2 rings (SSSR count). The molecule has 1 aliphatic rings. The molecule has 0 bridgehead atoms. The fourth-order valence-corrected chi connectivity index (χ4v) is 2.36. The van der Waals surface area contributed by atoms with E-state index in [2.05, 4.69) is 32.0 Å². The van der Waals surface area contributed by atoms with E-state index in [0.717, 1.165) is 13.0 Å². The van der Waals surface area contributed by atoms with Crippen LogP contribution in [0.15, 0.2) is 23.8 Å². The van der Waals surface area contributed by atoms with Gasteiger partial charge in [0.15, 0.2) is 0 Å². The zero-order valence-corrected chi connectivity index (χ0v) is 15.1. The van der Waals surface area contributed by atoms with Crippen LogP contribution >= 0.6 is 27.9 Å². The van der Waals surface area contributed by atoms with Gasteiger partial charge in [-0.15, -0.1) is 46.5 Å². The number of ether oxygens (including phenoxy) is 1. The van der Waals surface area contributed by atoms with Crippen LogP contribution in [0.25, 0.3) is 5.57 Å². The minimum atomic E-state index is -1.92. The summed E-state index contributed by atoms with van der Waals surface area (Å²) in [6, 6.07) is 9.62. The topological polar surface area (TPSA) is 9.23 Å². The number of allylic oxidation sites excluding steroid dienone is 2. The summed E-state index contributed by atoms with van der Waals surface area (Å²) in [6.07, 6.45) is 1.07. The number of halogens is 3. The van der Waals surface area contributed by atoms with Crippen molar-refractivity contribution in [1.29, 1.82) is 0 Å². The summed E-state index contributed by atoms with van der Waals surface area (Å²) in [5.41, 5.74) is 5.59. The van der Waals surface area contributed by atoms with Gasteiger partial charge in [-0.2, -0.15) is 0 Å². The molecule has 0 aliphatic heterocycles. The molecule has 1 unspecified atom stereocenters. The first-order chi connectivity index (χ1) is 8.99. The Morgan fingerprint density at radius 1 is 1.32 bits per heavy atom. The van der Waals surface area contributed by atoms with Gasteiger partial charge in [-0.3, -0.25) is 0 Å². The quantitative estimate of drug-likeness (QED) is 0.515. The summed E-state index contributed by atoms with van der Waals surface area (Å²) in [4.78, 5) is 0. The van der Waals surface area contributed by atoms with Gasteiger partial charge in [-0.25, -0.2) is 0 Å². The number of benzene rings is 1. The maximum absolute atomic E-state index is 5.17. The molecule has 0 saturated heterocycles. The zero-order chi connectivity index (χ0) is 14.4. The predicted molar refractivity (Wildman–Crippen MR) is 80.3 cm³/mol. The average Bonchev–Trinajstić information content (AvgIpc) is 2.60. The van der Waals surface area contributed by atoms with E-state index in [1.807, 2.05) is 6.07 Å². The fourth-order valence-electron chi connectivity index (χ4n) is 2.36. The molecule has 1 aromatic rings. The Hall–Kier alpha value is 0.504. The van der Waals surface area contributed by atoms with Gasteiger partial charge < -0.3 is 4.74 Å². The van der Waals surface area contributed by atoms with Crippen LogP contribution in [0.3, 0.4) is 0 Å². The first kappa shape index (κ1) is 17.6. The van der Waals surface area contributed by atoms with Crippen LogP contribution < -0.4 is 0 Å². The average molecular weight is 356 g/mol. The second-order valence-electron chi connectivity index (χ2n) is 4.36. The van der Waals surface area contributed by atoms with Crippen LogP contribution in [0.1, 0.15) is 37.3 Å². The van der Waals surface area contributed by atoms with E-state index in [-0.39, 0.29) is 0 Å². The van der Waals surface area contributed by atoms with E-state index in [1.54, 1.807) is 7.11 Å². The maximum atomic E-state index is 5.17. The van der Waals surface area contributed by atoms with Crippen molar-refractivity contribution in [3.63, 3.8) is 0 Å². The van der Waals surface area contributed by atoms with Gasteiger partial charge in [0, 0.05) is 13.7 Å². The van der Waals surface area contributed by atoms with Crippen molar-refractivity contribution >= 4 is 33.5 Å². The van der Waals surface area contributed by atoms with Crippen LogP contribution in [0.4, 0.5) is 0 Å². The van der Waals surface area contributed by atoms with Crippen molar-refractivity contribution in [2.75, 3.05) is 13.7 Å². The summed E-state index contributed by atoms with van der Waals surface area (Å²) in [7, 11) is 16.7. The van der Waals surface area contributed by atoms with Gasteiger partial charge in [0.25, 0.3) is 0 Å². The molecule has 1 aromatic carbocycles. The second-order valence-corrected chi connectivity index (χ2v) is 12.1. The molecule has 104 valence electrons. The second kappa shape index (κ2) is 8.72. The molecule has 19 heavy (non-hydrogen) atoms. The molecule has 0 radical (unpaired) electrons. The molecule has 0 amide bonds. The van der Waals surface area contributed by atoms with E-state index < -0.39 is 14.7 Å². The molecule has 0 heterocycles. The van der Waals surface area contributed by atoms with Crippen molar-refractivity contribution in [3.05, 3.63) is 41.0 Å². The molecule has 0 aromatic heterocycles. The third-order valence-electron chi connectivity index (χ3n) is 3.36. The van der Waals surface area contributed by atoms with Gasteiger partial charge in [-0.05, 0) is 12.3 Å². The van der Waals surface area contributed by atoms with Gasteiger partial charge >= 0.3 is 42.6 Å². The van der Waals surface area contributed by atoms with E-state index in [1.165, 1.54) is 22.3 Å². The van der Waals surface area contributed by atoms with Crippen molar-refractivity contribution in [2.45, 2.75) is 26.2 Å². The molecule has 1 atom stereocenters. The Kier molecular flexibility index (Phi) is 8.05. The van der Waals surface area contributed by atoms with Crippen molar-refractivity contribution < 1.29 is 19.4 Å². The third kappa shape index (κ3) is 5.08. The Morgan fingerprint density at radius 2 is 1.95 bits per heavy atom. The number of rotatable bonds is 3. The van der Waals surface area contributed by atoms with Gasteiger partial charge in [0.2, 0.25) is 0 Å². The summed E-state index contributed by atoms with van der Waals surface area (Å²) in [6.45, 7) is 5.24. The fraction of sp³-hybridized carbons (Fsp3) is 0.429. The molecular formula is C14H17Cl3OTi. The van der Waals surface area contributed by atoms with Crippen molar-refractivity contribution in [1.82, 2.24) is 0 Å². The molecule has 0 N–H and O–H groups in total. The first-order valence-corrected chi connectivity index (χ1v) is 12.4. The van der Waals surface area contributed by atoms with E-state index in [4.69, 9.17) is 32.7 Å². The summed E-state index contributed by atoms with van der Waals surface area (Å²) in [5, 5.41) is 0. The number of hydrogen-bond acceptors (Lipinski definition) is 1. The summed E-state index contributed by atoms with van der Waals surface area (Å²) in [5.74, 6) is 0.539. The summed E-state index contributed by atoms with van der Waals surface area (Å²) >= 11 is -1.92. The van der Waals surface area contributed by atoms with E-state index in [9.17, 15) is 0 Å². The van der Waals surface area contributed by atoms with Crippen LogP contribution in [-0.2, 0) is 19.4 Å². The Balaban J connectivity index is 0.000000399. The monoisotopic (exact) mass is 354 g/mol. The van der Waals surface area contributed by atoms with Gasteiger partial charge in [-0.1, -0.05) is 13.8 Å². The van der Waals surface area contributed by atoms with E-state index >= 15 is 0 Å². The third-order valence-corrected chi connectivity index (χ3v) is 3.36.